The summed E-state index contributed by atoms with van der Waals surface area (Å²) in [7, 11) is 0. The van der Waals surface area contributed by atoms with E-state index in [1.54, 1.807) is 12.1 Å². The van der Waals surface area contributed by atoms with E-state index in [1.165, 1.54) is 17.8 Å². The second kappa shape index (κ2) is 6.67. The number of hydrogen-bond acceptors (Lipinski definition) is 5. The smallest absolute Gasteiger partial charge is 0.283 e. The number of benzene rings is 2. The Labute approximate surface area is 136 Å². The Morgan fingerprint density at radius 3 is 2.87 bits per heavy atom. The molecule has 0 atom stereocenters. The molecule has 0 fully saturated rings. The van der Waals surface area contributed by atoms with Gasteiger partial charge in [0.1, 0.15) is 0 Å². The summed E-state index contributed by atoms with van der Waals surface area (Å²) in [6, 6.07) is 12.6. The zero-order valence-corrected chi connectivity index (χ0v) is 13.1. The van der Waals surface area contributed by atoms with Crippen molar-refractivity contribution < 1.29 is 10.7 Å². The molecule has 23 heavy (non-hydrogen) atoms. The molecule has 0 saturated heterocycles. The molecule has 0 spiro atoms. The molecule has 0 radical (unpaired) electrons. The molecule has 118 valence electrons. The number of para-hydroxylation sites is 2. The van der Waals surface area contributed by atoms with Crippen LogP contribution in [0.3, 0.4) is 0 Å². The first-order valence-electron chi connectivity index (χ1n) is 7.11. The Kier molecular flexibility index (Phi) is 4.45. The third-order valence-electron chi connectivity index (χ3n) is 3.24. The highest BCUT2D eigenvalue weighted by atomic mass is 32.2. The summed E-state index contributed by atoms with van der Waals surface area (Å²) in [5, 5.41) is 15.1. The predicted molar refractivity (Wildman–Crippen MR) is 89.6 cm³/mol. The number of quaternary nitrogens is 1. The number of rotatable bonds is 6. The fraction of sp³-hybridized carbons (Fsp3) is 0.133. The highest BCUT2D eigenvalue weighted by molar-refractivity contribution is 7.99. The zero-order valence-electron chi connectivity index (χ0n) is 12.3. The minimum atomic E-state index is -0.379. The summed E-state index contributed by atoms with van der Waals surface area (Å²) in [4.78, 5) is 19.0. The SMILES string of the molecule is [NH3+]CCNc1ccc([N+](=O)[O-])c(Sc2nc3ccccc3[nH]2)c1. The number of nitro groups is 1. The van der Waals surface area contributed by atoms with E-state index in [0.29, 0.717) is 16.6 Å². The van der Waals surface area contributed by atoms with Crippen molar-refractivity contribution in [3.8, 4) is 0 Å². The highest BCUT2D eigenvalue weighted by Gasteiger charge is 2.17. The van der Waals surface area contributed by atoms with Crippen molar-refractivity contribution in [2.24, 2.45) is 0 Å². The van der Waals surface area contributed by atoms with Crippen LogP contribution in [0, 0.1) is 10.1 Å². The molecule has 0 unspecified atom stereocenters. The Bertz CT molecular complexity index is 816. The van der Waals surface area contributed by atoms with Crippen molar-refractivity contribution >= 4 is 34.2 Å². The van der Waals surface area contributed by atoms with Gasteiger partial charge in [0.2, 0.25) is 0 Å². The molecular formula is C15H16N5O2S+. The van der Waals surface area contributed by atoms with Crippen LogP contribution in [0.25, 0.3) is 11.0 Å². The van der Waals surface area contributed by atoms with E-state index in [9.17, 15) is 10.1 Å². The Morgan fingerprint density at radius 1 is 1.30 bits per heavy atom. The molecular weight excluding hydrogens is 314 g/mol. The van der Waals surface area contributed by atoms with E-state index in [2.05, 4.69) is 21.0 Å². The summed E-state index contributed by atoms with van der Waals surface area (Å²) in [5.74, 6) is 0. The minimum absolute atomic E-state index is 0.0654. The third-order valence-corrected chi connectivity index (χ3v) is 4.17. The van der Waals surface area contributed by atoms with Gasteiger partial charge in [-0.1, -0.05) is 12.1 Å². The lowest BCUT2D eigenvalue weighted by molar-refractivity contribution is -0.387. The molecule has 7 nitrogen and oxygen atoms in total. The summed E-state index contributed by atoms with van der Waals surface area (Å²) < 4.78 is 0. The zero-order chi connectivity index (χ0) is 16.2. The van der Waals surface area contributed by atoms with Crippen LogP contribution in [0.15, 0.2) is 52.5 Å². The molecule has 3 aromatic rings. The van der Waals surface area contributed by atoms with Gasteiger partial charge >= 0.3 is 0 Å². The maximum atomic E-state index is 11.2. The number of imidazole rings is 1. The van der Waals surface area contributed by atoms with Gasteiger partial charge in [0.25, 0.3) is 5.69 Å². The number of aromatic nitrogens is 2. The molecule has 8 heteroatoms. The first kappa shape index (κ1) is 15.3. The molecule has 0 aliphatic heterocycles. The van der Waals surface area contributed by atoms with Crippen molar-refractivity contribution in [3.63, 3.8) is 0 Å². The molecule has 0 aliphatic rings. The fourth-order valence-electron chi connectivity index (χ4n) is 2.17. The van der Waals surface area contributed by atoms with E-state index < -0.39 is 0 Å². The van der Waals surface area contributed by atoms with Crippen LogP contribution in [0.5, 0.6) is 0 Å². The number of nitrogens with one attached hydrogen (secondary N) is 2. The fourth-order valence-corrected chi connectivity index (χ4v) is 3.12. The lowest BCUT2D eigenvalue weighted by Gasteiger charge is -2.06. The van der Waals surface area contributed by atoms with Crippen molar-refractivity contribution in [1.29, 1.82) is 0 Å². The number of fused-ring (bicyclic) bond motifs is 1. The van der Waals surface area contributed by atoms with Crippen molar-refractivity contribution in [2.45, 2.75) is 10.1 Å². The van der Waals surface area contributed by atoms with Crippen LogP contribution in [0.2, 0.25) is 0 Å². The van der Waals surface area contributed by atoms with Crippen molar-refractivity contribution in [1.82, 2.24) is 9.97 Å². The van der Waals surface area contributed by atoms with Crippen LogP contribution in [-0.4, -0.2) is 28.0 Å². The monoisotopic (exact) mass is 330 g/mol. The molecule has 0 aliphatic carbocycles. The second-order valence-electron chi connectivity index (χ2n) is 4.88. The molecule has 5 N–H and O–H groups in total. The average Bonchev–Trinajstić information content (AvgIpc) is 2.95. The summed E-state index contributed by atoms with van der Waals surface area (Å²) in [5.41, 5.74) is 6.41. The molecule has 1 aromatic heterocycles. The number of anilines is 1. The molecule has 0 bridgehead atoms. The number of nitrogens with zero attached hydrogens (tertiary/aromatic N) is 2. The maximum absolute atomic E-state index is 11.2. The quantitative estimate of drug-likeness (QED) is 0.474. The summed E-state index contributed by atoms with van der Waals surface area (Å²) in [6.45, 7) is 1.45. The van der Waals surface area contributed by atoms with Crippen LogP contribution < -0.4 is 11.1 Å². The minimum Gasteiger partial charge on any atom is -0.379 e. The van der Waals surface area contributed by atoms with Gasteiger partial charge in [-0.3, -0.25) is 10.1 Å². The van der Waals surface area contributed by atoms with Gasteiger partial charge in [-0.25, -0.2) is 4.98 Å². The number of nitro benzene ring substituents is 1. The van der Waals surface area contributed by atoms with E-state index >= 15 is 0 Å². The average molecular weight is 330 g/mol. The Balaban J connectivity index is 1.93. The van der Waals surface area contributed by atoms with Gasteiger partial charge in [-0.2, -0.15) is 0 Å². The van der Waals surface area contributed by atoms with Gasteiger partial charge in [-0.15, -0.1) is 0 Å². The largest absolute Gasteiger partial charge is 0.379 e. The molecule has 0 saturated carbocycles. The highest BCUT2D eigenvalue weighted by Crippen LogP contribution is 2.36. The van der Waals surface area contributed by atoms with E-state index in [4.69, 9.17) is 0 Å². The molecule has 3 rings (SSSR count). The van der Waals surface area contributed by atoms with Crippen molar-refractivity contribution in [2.75, 3.05) is 18.4 Å². The second-order valence-corrected chi connectivity index (χ2v) is 5.91. The summed E-state index contributed by atoms with van der Waals surface area (Å²) in [6.07, 6.45) is 0. The van der Waals surface area contributed by atoms with E-state index in [-0.39, 0.29) is 10.6 Å². The molecule has 0 amide bonds. The Morgan fingerprint density at radius 2 is 2.13 bits per heavy atom. The predicted octanol–water partition coefficient (Wildman–Crippen LogP) is 2.28. The maximum Gasteiger partial charge on any atom is 0.283 e. The summed E-state index contributed by atoms with van der Waals surface area (Å²) >= 11 is 1.25. The van der Waals surface area contributed by atoms with Gasteiger partial charge in [-0.05, 0) is 36.0 Å². The molecule has 2 aromatic carbocycles. The topological polar surface area (TPSA) is 111 Å². The number of H-pyrrole nitrogens is 1. The lowest BCUT2D eigenvalue weighted by atomic mass is 10.3. The van der Waals surface area contributed by atoms with Crippen molar-refractivity contribution in [3.05, 3.63) is 52.6 Å². The van der Waals surface area contributed by atoms with E-state index in [1.807, 2.05) is 24.3 Å². The van der Waals surface area contributed by atoms with Crippen LogP contribution >= 0.6 is 11.8 Å². The third kappa shape index (κ3) is 3.43. The number of hydrogen-bond donors (Lipinski definition) is 3. The van der Waals surface area contributed by atoms with Crippen LogP contribution in [0.4, 0.5) is 11.4 Å². The number of aromatic amines is 1. The van der Waals surface area contributed by atoms with E-state index in [0.717, 1.165) is 23.3 Å². The first-order valence-corrected chi connectivity index (χ1v) is 7.93. The lowest BCUT2D eigenvalue weighted by Crippen LogP contribution is -2.53. The van der Waals surface area contributed by atoms with Crippen LogP contribution in [0.1, 0.15) is 0 Å². The normalized spacial score (nSPS) is 10.8. The van der Waals surface area contributed by atoms with Gasteiger partial charge in [0, 0.05) is 11.8 Å². The standard InChI is InChI=1S/C15H15N5O2S/c16-7-8-17-10-5-6-13(20(21)22)14(9-10)23-15-18-11-3-1-2-4-12(11)19-15/h1-6,9,17H,7-8,16H2,(H,18,19)/p+1. The van der Waals surface area contributed by atoms with Gasteiger partial charge in [0.15, 0.2) is 5.16 Å². The van der Waals surface area contributed by atoms with Gasteiger partial charge < -0.3 is 16.0 Å². The first-order chi connectivity index (χ1) is 11.2. The Hall–Kier alpha value is -2.58. The van der Waals surface area contributed by atoms with Crippen LogP contribution in [-0.2, 0) is 0 Å². The van der Waals surface area contributed by atoms with Gasteiger partial charge in [0.05, 0.1) is 33.9 Å². The molecule has 1 heterocycles.